The van der Waals surface area contributed by atoms with Gasteiger partial charge in [-0.2, -0.15) is 0 Å². The molecule has 7 nitrogen and oxygen atoms in total. The number of carbonyl (C=O) groups is 2. The molecule has 0 aliphatic carbocycles. The number of halogens is 6. The molecule has 0 aliphatic rings. The summed E-state index contributed by atoms with van der Waals surface area (Å²) < 4.78 is 124. The van der Waals surface area contributed by atoms with Crippen LogP contribution in [0.3, 0.4) is 0 Å². The molecular formula is C62H51BF6O7P2. The Labute approximate surface area is 448 Å². The van der Waals surface area contributed by atoms with Gasteiger partial charge in [-0.25, -0.2) is 0 Å². The van der Waals surface area contributed by atoms with Crippen molar-refractivity contribution in [3.8, 4) is 5.75 Å². The molecule has 0 atom stereocenters. The fourth-order valence-electron chi connectivity index (χ4n) is 10.4. The first kappa shape index (κ1) is 54.9. The molecule has 0 aliphatic heterocycles. The molecule has 9 aromatic rings. The molecule has 0 bridgehead atoms. The van der Waals surface area contributed by atoms with Crippen LogP contribution in [0.4, 0.5) is 26.3 Å². The summed E-state index contributed by atoms with van der Waals surface area (Å²) in [6.07, 6.45) is -10.7. The number of hydrogen-bond acceptors (Lipinski definition) is 7. The van der Waals surface area contributed by atoms with Gasteiger partial charge in [-0.1, -0.05) is 0 Å². The molecule has 0 N–H and O–H groups in total. The molecule has 0 aromatic heterocycles. The van der Waals surface area contributed by atoms with Gasteiger partial charge in [-0.3, -0.25) is 0 Å². The number of rotatable bonds is 18. The Morgan fingerprint density at radius 1 is 0.385 bits per heavy atom. The number of benzene rings is 9. The summed E-state index contributed by atoms with van der Waals surface area (Å²) in [4.78, 5) is 26.7. The zero-order valence-corrected chi connectivity index (χ0v) is 44.0. The van der Waals surface area contributed by atoms with E-state index in [-0.39, 0.29) is 29.5 Å². The molecule has 0 unspecified atom stereocenters. The van der Waals surface area contributed by atoms with Crippen LogP contribution in [0.15, 0.2) is 249 Å². The first-order chi connectivity index (χ1) is 37.5. The Bertz CT molecular complexity index is 3100. The second kappa shape index (κ2) is 22.2. The van der Waals surface area contributed by atoms with Gasteiger partial charge in [0.1, 0.15) is 0 Å². The van der Waals surface area contributed by atoms with Gasteiger partial charge in [-0.15, -0.1) is 0 Å². The SMILES string of the molecule is COC(=O)c1cccc(CP(OB(Oc2cc(C(F)(F)F)cc(C(F)(F)F)c2)OP(Cc2cccc(C(=O)OC)c2)(c2ccccc2)(c2ccccc2)c2ccccc2)(c2ccccc2)(c2ccccc2)c2ccccc2)c1. The van der Waals surface area contributed by atoms with Crippen LogP contribution < -0.4 is 36.5 Å². The van der Waals surface area contributed by atoms with Crippen LogP contribution in [0, 0.1) is 0 Å². The van der Waals surface area contributed by atoms with E-state index < -0.39 is 62.1 Å². The standard InChI is InChI=1S/C62H51BF6O7P2/c1-72-59(70)48-25-21-23-46(39-48)44-77(53-27-9-3-10-28-53,54-29-11-4-12-30-54,55-31-13-5-14-32-55)75-63(74-52-42-50(61(64,65)66)41-51(43-52)62(67,68)69)76-78(56-33-15-6-16-34-56,57-35-17-7-18-36-57,58-37-19-8-20-38-58)45-47-24-22-26-49(40-47)60(71)73-2/h3-43H,44-45H2,1-2H3. The molecule has 396 valence electrons. The molecule has 78 heavy (non-hydrogen) atoms. The minimum absolute atomic E-state index is 0.0298. The molecule has 9 rings (SSSR count). The van der Waals surface area contributed by atoms with Crippen molar-refractivity contribution in [2.45, 2.75) is 24.7 Å². The fraction of sp³-hybridized carbons (Fsp3) is 0.0968. The summed E-state index contributed by atoms with van der Waals surface area (Å²) in [5.74, 6) is -2.14. The third-order valence-corrected chi connectivity index (χ3v) is 25.5. The van der Waals surface area contributed by atoms with Crippen molar-refractivity contribution in [2.75, 3.05) is 14.2 Å². The average Bonchev–Trinajstić information content (AvgIpc) is 3.67. The van der Waals surface area contributed by atoms with Crippen molar-refractivity contribution in [3.63, 3.8) is 0 Å². The average molecular weight is 1090 g/mol. The monoisotopic (exact) mass is 1090 g/mol. The summed E-state index contributed by atoms with van der Waals surface area (Å²) in [5, 5.41) is 3.29. The van der Waals surface area contributed by atoms with Crippen molar-refractivity contribution in [2.24, 2.45) is 0 Å². The Balaban J connectivity index is 1.48. The van der Waals surface area contributed by atoms with E-state index in [9.17, 15) is 9.59 Å². The van der Waals surface area contributed by atoms with Gasteiger partial charge in [-0.05, 0) is 0 Å². The van der Waals surface area contributed by atoms with E-state index in [1.165, 1.54) is 14.2 Å². The summed E-state index contributed by atoms with van der Waals surface area (Å²) in [6, 6.07) is 69.4. The van der Waals surface area contributed by atoms with Crippen LogP contribution in [-0.4, -0.2) is 33.5 Å². The van der Waals surface area contributed by atoms with Gasteiger partial charge in [0.2, 0.25) is 0 Å². The Hall–Kier alpha value is -7.86. The second-order valence-corrected chi connectivity index (χ2v) is 27.5. The molecule has 0 spiro atoms. The quantitative estimate of drug-likeness (QED) is 0.0366. The summed E-state index contributed by atoms with van der Waals surface area (Å²) in [7, 11) is 0.257. The van der Waals surface area contributed by atoms with Gasteiger partial charge in [0.05, 0.1) is 0 Å². The number of methoxy groups -OCH3 is 2. The van der Waals surface area contributed by atoms with Crippen molar-refractivity contribution in [1.29, 1.82) is 0 Å². The van der Waals surface area contributed by atoms with Gasteiger partial charge in [0.15, 0.2) is 0 Å². The zero-order valence-electron chi connectivity index (χ0n) is 42.2. The minimum atomic E-state index is -5.28. The molecule has 0 saturated heterocycles. The fourth-order valence-corrected chi connectivity index (χ4v) is 21.8. The predicted molar refractivity (Wildman–Crippen MR) is 298 cm³/mol. The molecular weight excluding hydrogens is 1040 g/mol. The maximum atomic E-state index is 15.0. The van der Waals surface area contributed by atoms with Crippen molar-refractivity contribution in [1.82, 2.24) is 0 Å². The first-order valence-electron chi connectivity index (χ1n) is 24.6. The topological polar surface area (TPSA) is 80.3 Å². The number of esters is 2. The second-order valence-electron chi connectivity index (χ2n) is 18.5. The van der Waals surface area contributed by atoms with Gasteiger partial charge < -0.3 is 0 Å². The zero-order chi connectivity index (χ0) is 55.1. The van der Waals surface area contributed by atoms with E-state index in [2.05, 4.69) is 0 Å². The van der Waals surface area contributed by atoms with Gasteiger partial charge >= 0.3 is 450 Å². The maximum absolute atomic E-state index is 15.0. The Morgan fingerprint density at radius 3 is 0.923 bits per heavy atom. The summed E-state index contributed by atoms with van der Waals surface area (Å²) in [5.41, 5.74) is -1.80. The summed E-state index contributed by atoms with van der Waals surface area (Å²) in [6.45, 7) is -10.2. The van der Waals surface area contributed by atoms with E-state index in [1.54, 1.807) is 48.5 Å². The normalized spacial score (nSPS) is 13.0. The van der Waals surface area contributed by atoms with Crippen LogP contribution >= 0.6 is 13.7 Å². The van der Waals surface area contributed by atoms with E-state index in [0.29, 0.717) is 55.1 Å². The van der Waals surface area contributed by atoms with Crippen LogP contribution in [0.2, 0.25) is 0 Å². The Morgan fingerprint density at radius 2 is 0.667 bits per heavy atom. The van der Waals surface area contributed by atoms with E-state index in [0.717, 1.165) is 0 Å². The van der Waals surface area contributed by atoms with Gasteiger partial charge in [0.25, 0.3) is 0 Å². The van der Waals surface area contributed by atoms with E-state index in [1.807, 2.05) is 182 Å². The molecule has 0 radical (unpaired) electrons. The first-order valence-corrected chi connectivity index (χ1v) is 29.2. The van der Waals surface area contributed by atoms with Gasteiger partial charge in [0, 0.05) is 0 Å². The van der Waals surface area contributed by atoms with Crippen LogP contribution in [0.1, 0.15) is 43.0 Å². The number of hydrogen-bond donors (Lipinski definition) is 0. The van der Waals surface area contributed by atoms with Crippen molar-refractivity contribution < 1.29 is 58.9 Å². The number of ether oxygens (including phenoxy) is 2. The third kappa shape index (κ3) is 10.4. The molecule has 0 amide bonds. The molecule has 16 heteroatoms. The predicted octanol–water partition coefficient (Wildman–Crippen LogP) is 13.0. The van der Waals surface area contributed by atoms with Crippen molar-refractivity contribution >= 4 is 64.7 Å². The van der Waals surface area contributed by atoms with Crippen LogP contribution in [0.25, 0.3) is 0 Å². The van der Waals surface area contributed by atoms with Crippen LogP contribution in [-0.2, 0) is 43.0 Å². The Kier molecular flexibility index (Phi) is 15.7. The third-order valence-electron chi connectivity index (χ3n) is 13.9. The molecule has 0 saturated carbocycles. The molecule has 0 heterocycles. The number of carbonyl (C=O) groups excluding carboxylic acids is 2. The molecule has 9 aromatic carbocycles. The van der Waals surface area contributed by atoms with Crippen molar-refractivity contribution in [3.05, 3.63) is 282 Å². The molecule has 0 fully saturated rings. The number of alkyl halides is 6. The summed E-state index contributed by atoms with van der Waals surface area (Å²) >= 11 is 0. The van der Waals surface area contributed by atoms with E-state index >= 15 is 26.3 Å². The van der Waals surface area contributed by atoms with E-state index in [4.69, 9.17) is 23.0 Å². The van der Waals surface area contributed by atoms with Crippen LogP contribution in [0.5, 0.6) is 5.75 Å².